The Morgan fingerprint density at radius 1 is 1.22 bits per heavy atom. The van der Waals surface area contributed by atoms with Crippen molar-refractivity contribution in [2.45, 2.75) is 59.8 Å². The van der Waals surface area contributed by atoms with Crippen LogP contribution in [-0.2, 0) is 9.59 Å². The van der Waals surface area contributed by atoms with Gasteiger partial charge in [0.1, 0.15) is 6.04 Å². The first kappa shape index (κ1) is 18.1. The Morgan fingerprint density at radius 3 is 2.09 bits per heavy atom. The number of alkyl halides is 3. The van der Waals surface area contributed by atoms with Crippen molar-refractivity contribution in [3.8, 4) is 0 Å². The second-order valence-electron chi connectivity index (χ2n) is 8.46. The number of amides is 2. The number of carbonyl (C=O) groups is 2. The highest BCUT2D eigenvalue weighted by molar-refractivity contribution is 5.90. The number of nitrogens with one attached hydrogen (secondary N) is 1. The Morgan fingerprint density at radius 2 is 1.74 bits per heavy atom. The molecule has 4 nitrogen and oxygen atoms in total. The second kappa shape index (κ2) is 5.11. The van der Waals surface area contributed by atoms with Crippen molar-refractivity contribution in [1.82, 2.24) is 10.2 Å². The summed E-state index contributed by atoms with van der Waals surface area (Å²) in [4.78, 5) is 25.7. The Bertz CT molecular complexity index is 522. The number of carbonyl (C=O) groups excluding carboxylic acids is 2. The molecule has 0 spiro atoms. The highest BCUT2D eigenvalue weighted by Gasteiger charge is 2.66. The maximum absolute atomic E-state index is 12.8. The molecule has 4 atom stereocenters. The molecule has 0 unspecified atom stereocenters. The van der Waals surface area contributed by atoms with Gasteiger partial charge in [-0.2, -0.15) is 13.2 Å². The van der Waals surface area contributed by atoms with Crippen molar-refractivity contribution < 1.29 is 22.8 Å². The summed E-state index contributed by atoms with van der Waals surface area (Å²) in [6, 6.07) is -1.21. The molecule has 1 aliphatic heterocycles. The summed E-state index contributed by atoms with van der Waals surface area (Å²) in [7, 11) is 0. The normalized spacial score (nSPS) is 30.7. The van der Waals surface area contributed by atoms with Gasteiger partial charge in [0.15, 0.2) is 0 Å². The molecule has 0 aromatic rings. The minimum atomic E-state index is -5.00. The molecule has 23 heavy (non-hydrogen) atoms. The van der Waals surface area contributed by atoms with Gasteiger partial charge >= 0.3 is 12.1 Å². The van der Waals surface area contributed by atoms with E-state index in [1.807, 2.05) is 12.2 Å². The summed E-state index contributed by atoms with van der Waals surface area (Å²) in [5, 5.41) is 1.89. The molecule has 2 rings (SSSR count). The average Bonchev–Trinajstić information content (AvgIpc) is 2.71. The van der Waals surface area contributed by atoms with Crippen LogP contribution >= 0.6 is 0 Å². The van der Waals surface area contributed by atoms with Gasteiger partial charge < -0.3 is 10.2 Å². The lowest BCUT2D eigenvalue weighted by Crippen LogP contribution is -2.58. The fraction of sp³-hybridized carbons (Fsp3) is 0.875. The van der Waals surface area contributed by atoms with E-state index in [0.29, 0.717) is 18.4 Å². The third kappa shape index (κ3) is 3.06. The Labute approximate surface area is 134 Å². The molecule has 1 N–H and O–H groups in total. The van der Waals surface area contributed by atoms with E-state index in [-0.39, 0.29) is 11.5 Å². The molecule has 0 aromatic heterocycles. The number of piperidine rings is 1. The second-order valence-corrected chi connectivity index (χ2v) is 8.46. The van der Waals surface area contributed by atoms with E-state index in [2.05, 4.69) is 13.8 Å². The van der Waals surface area contributed by atoms with Crippen LogP contribution in [-0.4, -0.2) is 41.5 Å². The molecule has 1 aliphatic carbocycles. The predicted molar refractivity (Wildman–Crippen MR) is 79.4 cm³/mol. The highest BCUT2D eigenvalue weighted by Crippen LogP contribution is 2.64. The fourth-order valence-corrected chi connectivity index (χ4v) is 3.98. The number of nitrogens with zero attached hydrogens (tertiary/aromatic N) is 1. The molecule has 2 amide bonds. The van der Waals surface area contributed by atoms with Gasteiger partial charge in [-0.15, -0.1) is 0 Å². The zero-order valence-electron chi connectivity index (χ0n) is 14.4. The van der Waals surface area contributed by atoms with Crippen LogP contribution in [0.2, 0.25) is 0 Å². The van der Waals surface area contributed by atoms with Crippen LogP contribution < -0.4 is 5.32 Å². The van der Waals surface area contributed by atoms with Crippen molar-refractivity contribution in [1.29, 1.82) is 0 Å². The number of rotatable bonds is 2. The van der Waals surface area contributed by atoms with Gasteiger partial charge in [0.05, 0.1) is 0 Å². The molecule has 7 heteroatoms. The van der Waals surface area contributed by atoms with Gasteiger partial charge in [0.25, 0.3) is 0 Å². The van der Waals surface area contributed by atoms with Gasteiger partial charge in [-0.25, -0.2) is 0 Å². The maximum atomic E-state index is 12.8. The van der Waals surface area contributed by atoms with Crippen LogP contribution in [0.25, 0.3) is 0 Å². The molecule has 0 radical (unpaired) electrons. The number of halogens is 3. The third-order valence-electron chi connectivity index (χ3n) is 5.47. The van der Waals surface area contributed by atoms with Gasteiger partial charge in [-0.3, -0.25) is 9.59 Å². The fourth-order valence-electron chi connectivity index (χ4n) is 3.98. The summed E-state index contributed by atoms with van der Waals surface area (Å²) in [6.45, 7) is 11.7. The number of hydrogen-bond donors (Lipinski definition) is 1. The van der Waals surface area contributed by atoms with Crippen LogP contribution in [0.3, 0.4) is 0 Å². The first-order valence-corrected chi connectivity index (χ1v) is 7.87. The first-order chi connectivity index (χ1) is 10.2. The maximum Gasteiger partial charge on any atom is 0.471 e. The van der Waals surface area contributed by atoms with Crippen molar-refractivity contribution in [2.75, 3.05) is 6.54 Å². The Kier molecular flexibility index (Phi) is 4.02. The summed E-state index contributed by atoms with van der Waals surface area (Å²) in [6.07, 6.45) is -5.00. The van der Waals surface area contributed by atoms with Crippen molar-refractivity contribution >= 4 is 11.8 Å². The quantitative estimate of drug-likeness (QED) is 0.844. The van der Waals surface area contributed by atoms with E-state index in [1.54, 1.807) is 25.7 Å². The predicted octanol–water partition coefficient (Wildman–Crippen LogP) is 2.58. The number of hydrogen-bond acceptors (Lipinski definition) is 2. The summed E-state index contributed by atoms with van der Waals surface area (Å²) in [5.74, 6) is -1.72. The zero-order chi connectivity index (χ0) is 18.0. The van der Waals surface area contributed by atoms with E-state index in [0.717, 1.165) is 0 Å². The number of likely N-dealkylation sites (tertiary alicyclic amines) is 1. The van der Waals surface area contributed by atoms with E-state index in [1.165, 1.54) is 0 Å². The monoisotopic (exact) mass is 334 g/mol. The first-order valence-electron chi connectivity index (χ1n) is 7.87. The van der Waals surface area contributed by atoms with Crippen LogP contribution in [0.1, 0.15) is 41.5 Å². The van der Waals surface area contributed by atoms with Gasteiger partial charge in [-0.1, -0.05) is 34.6 Å². The van der Waals surface area contributed by atoms with E-state index < -0.39 is 29.4 Å². The molecule has 1 heterocycles. The molecule has 0 bridgehead atoms. The molecule has 2 fully saturated rings. The minimum Gasteiger partial charge on any atom is -0.338 e. The Balaban J connectivity index is 2.15. The van der Waals surface area contributed by atoms with Crippen molar-refractivity contribution in [2.24, 2.45) is 22.7 Å². The van der Waals surface area contributed by atoms with Crippen LogP contribution in [0.4, 0.5) is 13.2 Å². The smallest absolute Gasteiger partial charge is 0.338 e. The SMILES string of the molecule is C[C@@H]1[C@@H]2[C@H](CN1C(=O)[C@@H](NC(=O)C(F)(F)F)C(C)(C)C)C2(C)C. The largest absolute Gasteiger partial charge is 0.471 e. The molecule has 2 aliphatic rings. The summed E-state index contributed by atoms with van der Waals surface area (Å²) in [5.41, 5.74) is -0.622. The molecule has 1 saturated carbocycles. The average molecular weight is 334 g/mol. The third-order valence-corrected chi connectivity index (χ3v) is 5.47. The zero-order valence-corrected chi connectivity index (χ0v) is 14.4. The van der Waals surface area contributed by atoms with Crippen LogP contribution in [0.15, 0.2) is 0 Å². The standard InChI is InChI=1S/C16H25F3N2O2/c1-8-10-9(15(10,5)6)7-21(8)12(22)11(14(2,3)4)20-13(23)16(17,18)19/h8-11H,7H2,1-6H3,(H,20,23)/t8-,9+,10-,11-/m1/s1. The van der Waals surface area contributed by atoms with Crippen LogP contribution in [0, 0.1) is 22.7 Å². The Hall–Kier alpha value is -1.27. The van der Waals surface area contributed by atoms with Gasteiger partial charge in [0.2, 0.25) is 5.91 Å². The molecule has 1 saturated heterocycles. The molecular formula is C16H25F3N2O2. The van der Waals surface area contributed by atoms with E-state index in [4.69, 9.17) is 0 Å². The lowest BCUT2D eigenvalue weighted by Gasteiger charge is -2.37. The van der Waals surface area contributed by atoms with Gasteiger partial charge in [0, 0.05) is 12.6 Å². The minimum absolute atomic E-state index is 0.0184. The number of fused-ring (bicyclic) bond motifs is 1. The molecule has 132 valence electrons. The van der Waals surface area contributed by atoms with Crippen molar-refractivity contribution in [3.63, 3.8) is 0 Å². The van der Waals surface area contributed by atoms with E-state index in [9.17, 15) is 22.8 Å². The summed E-state index contributed by atoms with van der Waals surface area (Å²) >= 11 is 0. The lowest BCUT2D eigenvalue weighted by molar-refractivity contribution is -0.176. The molecular weight excluding hydrogens is 309 g/mol. The lowest BCUT2D eigenvalue weighted by atomic mass is 9.85. The van der Waals surface area contributed by atoms with E-state index >= 15 is 0 Å². The highest BCUT2D eigenvalue weighted by atomic mass is 19.4. The van der Waals surface area contributed by atoms with Crippen molar-refractivity contribution in [3.05, 3.63) is 0 Å². The topological polar surface area (TPSA) is 49.4 Å². The summed E-state index contributed by atoms with van der Waals surface area (Å²) < 4.78 is 37.6. The molecule has 0 aromatic carbocycles. The van der Waals surface area contributed by atoms with Crippen LogP contribution in [0.5, 0.6) is 0 Å². The van der Waals surface area contributed by atoms with Gasteiger partial charge in [-0.05, 0) is 29.6 Å².